The molecule has 112 valence electrons. The molecule has 0 saturated heterocycles. The number of nitrogens with zero attached hydrogens (tertiary/aromatic N) is 1. The van der Waals surface area contributed by atoms with Crippen molar-refractivity contribution in [2.45, 2.75) is 44.0 Å². The smallest absolute Gasteiger partial charge is 0.242 e. The van der Waals surface area contributed by atoms with Crippen LogP contribution in [0, 0.1) is 11.8 Å². The molecule has 1 heterocycles. The Morgan fingerprint density at radius 2 is 2.20 bits per heavy atom. The zero-order valence-electron chi connectivity index (χ0n) is 11.9. The van der Waals surface area contributed by atoms with Crippen LogP contribution in [0.2, 0.25) is 0 Å². The van der Waals surface area contributed by atoms with Crippen LogP contribution in [0.25, 0.3) is 0 Å². The molecule has 2 unspecified atom stereocenters. The monoisotopic (exact) mass is 297 g/mol. The number of hydrogen-bond acceptors (Lipinski definition) is 4. The summed E-state index contributed by atoms with van der Waals surface area (Å²) in [6.45, 7) is 3.06. The molecule has 0 bridgehead atoms. The Hall–Kier alpha value is -0.980. The van der Waals surface area contributed by atoms with Gasteiger partial charge in [0.05, 0.1) is 5.69 Å². The van der Waals surface area contributed by atoms with E-state index in [1.54, 1.807) is 12.1 Å². The van der Waals surface area contributed by atoms with Gasteiger partial charge in [0.1, 0.15) is 4.90 Å². The van der Waals surface area contributed by atoms with E-state index in [0.717, 1.165) is 12.8 Å². The van der Waals surface area contributed by atoms with Gasteiger partial charge in [-0.25, -0.2) is 13.1 Å². The van der Waals surface area contributed by atoms with Crippen LogP contribution in [0.15, 0.2) is 23.2 Å². The van der Waals surface area contributed by atoms with E-state index in [-0.39, 0.29) is 4.90 Å². The molecule has 3 N–H and O–H groups in total. The Labute approximate surface area is 121 Å². The van der Waals surface area contributed by atoms with Crippen molar-refractivity contribution in [2.24, 2.45) is 17.6 Å². The Bertz CT molecular complexity index is 528. The van der Waals surface area contributed by atoms with Gasteiger partial charge in [-0.3, -0.25) is 4.98 Å². The van der Waals surface area contributed by atoms with E-state index >= 15 is 0 Å². The summed E-state index contributed by atoms with van der Waals surface area (Å²) in [5.41, 5.74) is 6.14. The molecule has 1 fully saturated rings. The molecule has 0 aromatic carbocycles. The topological polar surface area (TPSA) is 85.1 Å². The van der Waals surface area contributed by atoms with Crippen molar-refractivity contribution in [1.29, 1.82) is 0 Å². The Morgan fingerprint density at radius 3 is 2.80 bits per heavy atom. The lowest BCUT2D eigenvalue weighted by Crippen LogP contribution is -2.31. The minimum Gasteiger partial charge on any atom is -0.325 e. The fourth-order valence-electron chi connectivity index (χ4n) is 2.75. The summed E-state index contributed by atoms with van der Waals surface area (Å²) in [6, 6.07) is 3.21. The number of nitrogens with one attached hydrogen (secondary N) is 1. The molecule has 20 heavy (non-hydrogen) atoms. The molecular weight excluding hydrogens is 274 g/mol. The highest BCUT2D eigenvalue weighted by molar-refractivity contribution is 7.89. The molecule has 1 aliphatic rings. The molecule has 0 aliphatic heterocycles. The van der Waals surface area contributed by atoms with Crippen molar-refractivity contribution in [3.8, 4) is 0 Å². The van der Waals surface area contributed by atoms with Gasteiger partial charge in [-0.2, -0.15) is 0 Å². The van der Waals surface area contributed by atoms with Crippen LogP contribution < -0.4 is 10.5 Å². The minimum absolute atomic E-state index is 0.207. The third-order valence-corrected chi connectivity index (χ3v) is 5.33. The van der Waals surface area contributed by atoms with Crippen LogP contribution in [0.4, 0.5) is 0 Å². The average molecular weight is 297 g/mol. The first-order chi connectivity index (χ1) is 9.51. The van der Waals surface area contributed by atoms with Crippen LogP contribution in [-0.4, -0.2) is 19.9 Å². The fourth-order valence-corrected chi connectivity index (χ4v) is 3.81. The molecule has 1 aromatic rings. The van der Waals surface area contributed by atoms with E-state index in [9.17, 15) is 8.42 Å². The highest BCUT2D eigenvalue weighted by Crippen LogP contribution is 2.28. The quantitative estimate of drug-likeness (QED) is 0.865. The molecule has 6 heteroatoms. The second kappa shape index (κ2) is 6.65. The summed E-state index contributed by atoms with van der Waals surface area (Å²) in [4.78, 5) is 4.23. The molecule has 0 radical (unpaired) electrons. The Morgan fingerprint density at radius 1 is 1.40 bits per heavy atom. The second-order valence-corrected chi connectivity index (χ2v) is 7.45. The van der Waals surface area contributed by atoms with Crippen LogP contribution in [0.5, 0.6) is 0 Å². The van der Waals surface area contributed by atoms with E-state index in [1.165, 1.54) is 19.0 Å². The van der Waals surface area contributed by atoms with E-state index in [1.807, 2.05) is 0 Å². The zero-order valence-corrected chi connectivity index (χ0v) is 12.7. The van der Waals surface area contributed by atoms with Gasteiger partial charge in [0.2, 0.25) is 10.0 Å². The molecule has 2 atom stereocenters. The lowest BCUT2D eigenvalue weighted by atomic mass is 9.83. The summed E-state index contributed by atoms with van der Waals surface area (Å²) >= 11 is 0. The molecule has 1 saturated carbocycles. The van der Waals surface area contributed by atoms with E-state index in [2.05, 4.69) is 16.6 Å². The van der Waals surface area contributed by atoms with Crippen molar-refractivity contribution >= 4 is 10.0 Å². The standard InChI is InChI=1S/C14H23N3O2S/c1-11-3-2-4-12(7-11)9-17-20(18,19)14-6-5-13(8-15)16-10-14/h5-6,10-12,17H,2-4,7-9,15H2,1H3. The predicted octanol–water partition coefficient (Wildman–Crippen LogP) is 1.64. The van der Waals surface area contributed by atoms with Gasteiger partial charge in [0, 0.05) is 19.3 Å². The maximum atomic E-state index is 12.2. The number of rotatable bonds is 5. The van der Waals surface area contributed by atoms with Crippen molar-refractivity contribution in [3.05, 3.63) is 24.0 Å². The van der Waals surface area contributed by atoms with Crippen molar-refractivity contribution in [3.63, 3.8) is 0 Å². The number of nitrogens with two attached hydrogens (primary N) is 1. The molecular formula is C14H23N3O2S. The summed E-state index contributed by atoms with van der Waals surface area (Å²) in [7, 11) is -3.46. The van der Waals surface area contributed by atoms with Gasteiger partial charge in [-0.05, 0) is 36.8 Å². The predicted molar refractivity (Wildman–Crippen MR) is 78.4 cm³/mol. The highest BCUT2D eigenvalue weighted by atomic mass is 32.2. The van der Waals surface area contributed by atoms with Gasteiger partial charge >= 0.3 is 0 Å². The maximum Gasteiger partial charge on any atom is 0.242 e. The fraction of sp³-hybridized carbons (Fsp3) is 0.643. The first kappa shape index (κ1) is 15.4. The summed E-state index contributed by atoms with van der Waals surface area (Å²) in [5, 5.41) is 0. The van der Waals surface area contributed by atoms with E-state index in [0.29, 0.717) is 30.6 Å². The van der Waals surface area contributed by atoms with Crippen LogP contribution in [0.3, 0.4) is 0 Å². The highest BCUT2D eigenvalue weighted by Gasteiger charge is 2.21. The van der Waals surface area contributed by atoms with E-state index in [4.69, 9.17) is 5.73 Å². The second-order valence-electron chi connectivity index (χ2n) is 5.68. The average Bonchev–Trinajstić information content (AvgIpc) is 2.45. The van der Waals surface area contributed by atoms with Crippen molar-refractivity contribution < 1.29 is 8.42 Å². The van der Waals surface area contributed by atoms with Crippen molar-refractivity contribution in [2.75, 3.05) is 6.54 Å². The molecule has 2 rings (SSSR count). The van der Waals surface area contributed by atoms with Gasteiger partial charge in [-0.1, -0.05) is 19.8 Å². The van der Waals surface area contributed by atoms with Crippen LogP contribution in [-0.2, 0) is 16.6 Å². The number of aromatic nitrogens is 1. The molecule has 0 amide bonds. The lowest BCUT2D eigenvalue weighted by Gasteiger charge is -2.26. The first-order valence-corrected chi connectivity index (χ1v) is 8.64. The van der Waals surface area contributed by atoms with Gasteiger partial charge in [-0.15, -0.1) is 0 Å². The van der Waals surface area contributed by atoms with Gasteiger partial charge in [0.15, 0.2) is 0 Å². The van der Waals surface area contributed by atoms with Gasteiger partial charge < -0.3 is 5.73 Å². The van der Waals surface area contributed by atoms with Crippen molar-refractivity contribution in [1.82, 2.24) is 9.71 Å². The minimum atomic E-state index is -3.46. The molecule has 1 aliphatic carbocycles. The number of pyridine rings is 1. The third-order valence-electron chi connectivity index (χ3n) is 3.92. The van der Waals surface area contributed by atoms with Crippen LogP contribution >= 0.6 is 0 Å². The molecule has 1 aromatic heterocycles. The third kappa shape index (κ3) is 4.01. The first-order valence-electron chi connectivity index (χ1n) is 7.16. The molecule has 0 spiro atoms. The number of sulfonamides is 1. The lowest BCUT2D eigenvalue weighted by molar-refractivity contribution is 0.283. The largest absolute Gasteiger partial charge is 0.325 e. The Kier molecular flexibility index (Phi) is 5.12. The normalized spacial score (nSPS) is 23.7. The van der Waals surface area contributed by atoms with Gasteiger partial charge in [0.25, 0.3) is 0 Å². The van der Waals surface area contributed by atoms with Crippen LogP contribution in [0.1, 0.15) is 38.3 Å². The molecule has 5 nitrogen and oxygen atoms in total. The SMILES string of the molecule is CC1CCCC(CNS(=O)(=O)c2ccc(CN)nc2)C1. The zero-order chi connectivity index (χ0) is 14.6. The summed E-state index contributed by atoms with van der Waals surface area (Å²) < 4.78 is 27.1. The number of hydrogen-bond donors (Lipinski definition) is 2. The maximum absolute atomic E-state index is 12.2. The summed E-state index contributed by atoms with van der Waals surface area (Å²) in [6.07, 6.45) is 6.03. The summed E-state index contributed by atoms with van der Waals surface area (Å²) in [5.74, 6) is 1.15. The van der Waals surface area contributed by atoms with E-state index < -0.39 is 10.0 Å². The Balaban J connectivity index is 1.96.